The topological polar surface area (TPSA) is 4.44 Å². The van der Waals surface area contributed by atoms with Gasteiger partial charge in [-0.05, 0) is 32.1 Å². The molecule has 192 valence electrons. The molecule has 2 aromatic rings. The quantitative estimate of drug-likeness (QED) is 0.275. The van der Waals surface area contributed by atoms with Gasteiger partial charge in [0, 0.05) is 0 Å². The Hall–Kier alpha value is -2.24. The van der Waals surface area contributed by atoms with Crippen LogP contribution in [0.5, 0.6) is 0 Å². The van der Waals surface area contributed by atoms with E-state index >= 15 is 0 Å². The minimum atomic E-state index is -3.49. The summed E-state index contributed by atoms with van der Waals surface area (Å²) in [6.07, 6.45) is 4.06. The summed E-state index contributed by atoms with van der Waals surface area (Å²) in [6.45, 7) is -2.26. The average Bonchev–Trinajstić information content (AvgIpc) is 2.88. The number of rotatable bonds is 4. The molecule has 0 radical (unpaired) electrons. The molecule has 2 fully saturated rings. The fraction of sp³-hybridized carbons (Fsp3) is 0.478. The van der Waals surface area contributed by atoms with Crippen LogP contribution in [-0.4, -0.2) is 25.8 Å². The van der Waals surface area contributed by atoms with Gasteiger partial charge in [0.15, 0.2) is 34.9 Å². The summed E-state index contributed by atoms with van der Waals surface area (Å²) in [5.74, 6) is -24.6. The van der Waals surface area contributed by atoms with Crippen LogP contribution in [0.1, 0.15) is 44.9 Å². The highest BCUT2D eigenvalue weighted by molar-refractivity contribution is 6.86. The van der Waals surface area contributed by atoms with Gasteiger partial charge in [0.25, 0.3) is 0 Å². The summed E-state index contributed by atoms with van der Waals surface area (Å²) in [7, 11) is 0. The first-order valence-corrected chi connectivity index (χ1v) is 11.7. The van der Waals surface area contributed by atoms with E-state index in [0.717, 1.165) is 24.2 Å². The Morgan fingerprint density at radius 3 is 1.26 bits per heavy atom. The van der Waals surface area contributed by atoms with Gasteiger partial charge >= 0.3 is 0 Å². The Labute approximate surface area is 195 Å². The number of nitrogens with one attached hydrogen (secondary N) is 1. The van der Waals surface area contributed by atoms with Crippen LogP contribution in [0.2, 0.25) is 5.82 Å². The van der Waals surface area contributed by atoms with Gasteiger partial charge in [0.05, 0.1) is 25.8 Å². The van der Waals surface area contributed by atoms with Crippen molar-refractivity contribution < 1.29 is 48.8 Å². The zero-order chi connectivity index (χ0) is 25.6. The summed E-state index contributed by atoms with van der Waals surface area (Å²) < 4.78 is 144. The Kier molecular flexibility index (Phi) is 7.40. The van der Waals surface area contributed by atoms with E-state index in [1.807, 2.05) is 0 Å². The van der Waals surface area contributed by atoms with E-state index < -0.39 is 87.7 Å². The highest BCUT2D eigenvalue weighted by Gasteiger charge is 2.42. The van der Waals surface area contributed by atoms with Crippen molar-refractivity contribution in [3.8, 4) is 0 Å². The molecule has 1 saturated heterocycles. The molecule has 2 aliphatic rings. The van der Waals surface area contributed by atoms with E-state index in [1.165, 1.54) is 0 Å². The molecule has 1 aliphatic carbocycles. The summed E-state index contributed by atoms with van der Waals surface area (Å²) in [5, 5.41) is 0. The number of hydrogen-bond donors (Lipinski definition) is 1. The Morgan fingerprint density at radius 1 is 0.457 bits per heavy atom. The molecule has 0 spiro atoms. The summed E-state index contributed by atoms with van der Waals surface area (Å²) >= 11 is 0. The van der Waals surface area contributed by atoms with Crippen LogP contribution in [-0.2, 0) is 0 Å². The van der Waals surface area contributed by atoms with E-state index in [1.54, 1.807) is 0 Å². The molecule has 2 aromatic carbocycles. The summed E-state index contributed by atoms with van der Waals surface area (Å²) in [4.78, 5) is 0.936. The van der Waals surface area contributed by atoms with E-state index in [-0.39, 0.29) is 6.42 Å². The van der Waals surface area contributed by atoms with E-state index in [0.29, 0.717) is 32.4 Å². The van der Waals surface area contributed by atoms with Gasteiger partial charge in [0.2, 0.25) is 0 Å². The maximum Gasteiger partial charge on any atom is 0.200 e. The maximum absolute atomic E-state index is 15.0. The lowest BCUT2D eigenvalue weighted by Crippen LogP contribution is -3.17. The monoisotopic (exact) mass is 513 g/mol. The fourth-order valence-corrected chi connectivity index (χ4v) is 6.28. The predicted octanol–water partition coefficient (Wildman–Crippen LogP) is 3.80. The van der Waals surface area contributed by atoms with E-state index in [2.05, 4.69) is 0 Å². The van der Waals surface area contributed by atoms with Gasteiger partial charge < -0.3 is 4.90 Å². The molecular formula is C23H22BF10N. The second-order valence-corrected chi connectivity index (χ2v) is 9.55. The predicted molar refractivity (Wildman–Crippen MR) is 109 cm³/mol. The third-order valence-electron chi connectivity index (χ3n) is 7.82. The van der Waals surface area contributed by atoms with Crippen LogP contribution in [0, 0.1) is 58.2 Å². The van der Waals surface area contributed by atoms with Gasteiger partial charge in [-0.2, -0.15) is 0 Å². The lowest BCUT2D eigenvalue weighted by Gasteiger charge is -2.46. The van der Waals surface area contributed by atoms with Crippen LogP contribution in [0.25, 0.3) is 0 Å². The van der Waals surface area contributed by atoms with Crippen LogP contribution in [0.3, 0.4) is 0 Å². The minimum Gasteiger partial charge on any atom is -0.335 e. The molecule has 4 rings (SSSR count). The fourth-order valence-electron chi connectivity index (χ4n) is 6.28. The van der Waals surface area contributed by atoms with Crippen molar-refractivity contribution in [3.63, 3.8) is 0 Å². The van der Waals surface area contributed by atoms with E-state index in [4.69, 9.17) is 0 Å². The Morgan fingerprint density at radius 2 is 0.829 bits per heavy atom. The molecule has 1 nitrogen and oxygen atoms in total. The van der Waals surface area contributed by atoms with Crippen molar-refractivity contribution in [2.45, 2.75) is 56.8 Å². The van der Waals surface area contributed by atoms with Crippen LogP contribution < -0.4 is 15.8 Å². The number of likely N-dealkylation sites (tertiary alicyclic amines) is 1. The van der Waals surface area contributed by atoms with Crippen molar-refractivity contribution in [2.75, 3.05) is 13.1 Å². The molecule has 0 aromatic heterocycles. The lowest BCUT2D eigenvalue weighted by molar-refractivity contribution is -0.931. The third kappa shape index (κ3) is 4.31. The van der Waals surface area contributed by atoms with Crippen molar-refractivity contribution in [1.29, 1.82) is 0 Å². The first-order chi connectivity index (χ1) is 16.6. The third-order valence-corrected chi connectivity index (χ3v) is 7.82. The van der Waals surface area contributed by atoms with Gasteiger partial charge in [-0.25, -0.2) is 43.9 Å². The Bertz CT molecular complexity index is 1010. The zero-order valence-corrected chi connectivity index (χ0v) is 18.5. The molecule has 2 atom stereocenters. The smallest absolute Gasteiger partial charge is 0.200 e. The molecular weight excluding hydrogens is 491 g/mol. The first-order valence-electron chi connectivity index (χ1n) is 11.7. The highest BCUT2D eigenvalue weighted by atomic mass is 19.2. The molecule has 0 bridgehead atoms. The van der Waals surface area contributed by atoms with Crippen molar-refractivity contribution in [3.05, 3.63) is 58.2 Å². The number of quaternary nitrogens is 1. The lowest BCUT2D eigenvalue weighted by atomic mass is 9.30. The number of hydrogen-bond acceptors (Lipinski definition) is 0. The van der Waals surface area contributed by atoms with Crippen LogP contribution >= 0.6 is 0 Å². The highest BCUT2D eigenvalue weighted by Crippen LogP contribution is 2.34. The van der Waals surface area contributed by atoms with Crippen molar-refractivity contribution >= 4 is 17.6 Å². The van der Waals surface area contributed by atoms with Gasteiger partial charge in [-0.3, -0.25) is 0 Å². The second-order valence-electron chi connectivity index (χ2n) is 9.55. The molecule has 1 saturated carbocycles. The van der Waals surface area contributed by atoms with Crippen LogP contribution in [0.15, 0.2) is 0 Å². The molecule has 1 N–H and O–H groups in total. The molecule has 0 unspecified atom stereocenters. The summed E-state index contributed by atoms with van der Waals surface area (Å²) in [6, 6.07) is -0.506. The van der Waals surface area contributed by atoms with Crippen LogP contribution in [0.4, 0.5) is 43.9 Å². The molecule has 1 aliphatic heterocycles. The zero-order valence-electron chi connectivity index (χ0n) is 18.5. The van der Waals surface area contributed by atoms with E-state index in [9.17, 15) is 43.9 Å². The minimum absolute atomic E-state index is 0.0765. The summed E-state index contributed by atoms with van der Waals surface area (Å²) in [5.41, 5.74) is -3.00. The maximum atomic E-state index is 15.0. The average molecular weight is 513 g/mol. The van der Waals surface area contributed by atoms with Gasteiger partial charge in [-0.15, -0.1) is 16.7 Å². The molecule has 35 heavy (non-hydrogen) atoms. The SMILES string of the molecule is Fc1c(F)c(F)c([BH-](c2c(F)c(F)c(F)c(F)c2F)[C@H]2CCCC[C@@H]2[NH+]2CCCCC2)c(F)c1F. The normalized spacial score (nSPS) is 21.7. The molecule has 1 heterocycles. The second kappa shape index (κ2) is 10.0. The first kappa shape index (κ1) is 25.8. The van der Waals surface area contributed by atoms with Gasteiger partial charge in [-0.1, -0.05) is 12.8 Å². The van der Waals surface area contributed by atoms with Crippen molar-refractivity contribution in [2.24, 2.45) is 0 Å². The van der Waals surface area contributed by atoms with Gasteiger partial charge in [0.1, 0.15) is 23.3 Å². The number of piperidine rings is 1. The number of halogens is 10. The molecule has 12 heteroatoms. The largest absolute Gasteiger partial charge is 0.335 e. The Balaban J connectivity index is 2.02. The number of benzene rings is 2. The van der Waals surface area contributed by atoms with Crippen molar-refractivity contribution in [1.82, 2.24) is 0 Å². The standard InChI is InChI=1S/C23H21BF10N/c25-14-12(15(26)19(30)22(33)18(14)29)24(13-16(27)20(31)23(34)21(32)17(13)28)10-6-2-3-7-11(10)35-8-4-1-5-9-35/h10-11,24H,1-9H2/q-1/p+1/t10-,11-/m0/s1. The molecule has 0 amide bonds.